The summed E-state index contributed by atoms with van der Waals surface area (Å²) >= 11 is 7.32. The summed E-state index contributed by atoms with van der Waals surface area (Å²) in [5.41, 5.74) is 3.71. The van der Waals surface area contributed by atoms with Crippen LogP contribution in [-0.2, 0) is 4.79 Å². The number of amides is 1. The first-order valence-electron chi connectivity index (χ1n) is 7.94. The molecule has 1 aliphatic heterocycles. The van der Waals surface area contributed by atoms with Crippen molar-refractivity contribution in [3.8, 4) is 11.3 Å². The molecule has 0 aliphatic carbocycles. The molecule has 4 rings (SSSR count). The number of hydrogen-bond acceptors (Lipinski definition) is 5. The van der Waals surface area contributed by atoms with Gasteiger partial charge in [0, 0.05) is 29.6 Å². The molecule has 3 aromatic rings. The summed E-state index contributed by atoms with van der Waals surface area (Å²) in [6.07, 6.45) is 3.24. The van der Waals surface area contributed by atoms with Crippen LogP contribution in [0.2, 0.25) is 5.15 Å². The van der Waals surface area contributed by atoms with Crippen molar-refractivity contribution in [3.05, 3.63) is 53.1 Å². The van der Waals surface area contributed by atoms with E-state index in [4.69, 9.17) is 11.6 Å². The molecule has 25 heavy (non-hydrogen) atoms. The molecular weight excluding hydrogens is 356 g/mol. The Morgan fingerprint density at radius 3 is 2.68 bits per heavy atom. The fourth-order valence-corrected chi connectivity index (χ4v) is 3.62. The first-order valence-corrected chi connectivity index (χ1v) is 9.20. The van der Waals surface area contributed by atoms with Crippen LogP contribution in [0.4, 0.5) is 16.5 Å². The lowest BCUT2D eigenvalue weighted by Gasteiger charge is -2.15. The average Bonchev–Trinajstić information content (AvgIpc) is 3.26. The van der Waals surface area contributed by atoms with Crippen LogP contribution in [0.25, 0.3) is 11.3 Å². The number of pyridine rings is 1. The Labute approximate surface area is 154 Å². The topological polar surface area (TPSA) is 58.1 Å². The van der Waals surface area contributed by atoms with Gasteiger partial charge in [-0.1, -0.05) is 23.7 Å². The molecule has 5 nitrogen and oxygen atoms in total. The molecule has 1 fully saturated rings. The van der Waals surface area contributed by atoms with Crippen LogP contribution in [0, 0.1) is 0 Å². The Morgan fingerprint density at radius 1 is 1.16 bits per heavy atom. The molecular formula is C18H15ClN4OS. The van der Waals surface area contributed by atoms with E-state index in [1.807, 2.05) is 40.6 Å². The van der Waals surface area contributed by atoms with E-state index in [0.29, 0.717) is 11.6 Å². The van der Waals surface area contributed by atoms with Gasteiger partial charge in [-0.3, -0.25) is 4.79 Å². The van der Waals surface area contributed by atoms with Gasteiger partial charge in [0.05, 0.1) is 17.6 Å². The van der Waals surface area contributed by atoms with E-state index in [9.17, 15) is 4.79 Å². The number of halogens is 1. The van der Waals surface area contributed by atoms with Gasteiger partial charge in [-0.05, 0) is 30.7 Å². The second-order valence-corrected chi connectivity index (χ2v) is 6.97. The summed E-state index contributed by atoms with van der Waals surface area (Å²) in [5, 5.41) is 6.47. The third kappa shape index (κ3) is 3.50. The highest BCUT2D eigenvalue weighted by Gasteiger charge is 2.21. The van der Waals surface area contributed by atoms with Crippen LogP contribution >= 0.6 is 22.9 Å². The smallest absolute Gasteiger partial charge is 0.227 e. The van der Waals surface area contributed by atoms with Gasteiger partial charge in [0.15, 0.2) is 5.13 Å². The van der Waals surface area contributed by atoms with Crippen molar-refractivity contribution < 1.29 is 4.79 Å². The number of hydrogen-bond donors (Lipinski definition) is 1. The van der Waals surface area contributed by atoms with E-state index in [1.165, 1.54) is 11.3 Å². The SMILES string of the molecule is O=C1CCCN1c1ccc(-c2csc(Nc3ccc(Cl)nc3)n2)cc1. The first-order chi connectivity index (χ1) is 12.2. The zero-order valence-corrected chi connectivity index (χ0v) is 14.8. The maximum Gasteiger partial charge on any atom is 0.227 e. The molecule has 0 bridgehead atoms. The van der Waals surface area contributed by atoms with Crippen molar-refractivity contribution in [2.45, 2.75) is 12.8 Å². The number of carbonyl (C=O) groups is 1. The minimum atomic E-state index is 0.199. The summed E-state index contributed by atoms with van der Waals surface area (Å²) in [5.74, 6) is 0.199. The molecule has 1 aromatic carbocycles. The van der Waals surface area contributed by atoms with E-state index in [-0.39, 0.29) is 5.91 Å². The van der Waals surface area contributed by atoms with E-state index < -0.39 is 0 Å². The van der Waals surface area contributed by atoms with Crippen LogP contribution in [0.1, 0.15) is 12.8 Å². The quantitative estimate of drug-likeness (QED) is 0.674. The van der Waals surface area contributed by atoms with Crippen LogP contribution in [0.15, 0.2) is 48.0 Å². The molecule has 1 N–H and O–H groups in total. The Kier molecular flexibility index (Phi) is 4.38. The van der Waals surface area contributed by atoms with Gasteiger partial charge in [-0.15, -0.1) is 11.3 Å². The van der Waals surface area contributed by atoms with Crippen molar-refractivity contribution >= 4 is 45.4 Å². The van der Waals surface area contributed by atoms with Crippen molar-refractivity contribution in [3.63, 3.8) is 0 Å². The fourth-order valence-electron chi connectivity index (χ4n) is 2.77. The summed E-state index contributed by atoms with van der Waals surface area (Å²) in [4.78, 5) is 22.3. The standard InChI is InChI=1S/C18H15ClN4OS/c19-16-8-5-13(10-20-16)21-18-22-15(11-25-18)12-3-6-14(7-4-12)23-9-1-2-17(23)24/h3-8,10-11H,1-2,9H2,(H,21,22). The average molecular weight is 371 g/mol. The van der Waals surface area contributed by atoms with Gasteiger partial charge >= 0.3 is 0 Å². The summed E-state index contributed by atoms with van der Waals surface area (Å²) in [6.45, 7) is 0.804. The van der Waals surface area contributed by atoms with Gasteiger partial charge in [0.25, 0.3) is 0 Å². The molecule has 0 radical (unpaired) electrons. The van der Waals surface area contributed by atoms with Crippen molar-refractivity contribution in [2.75, 3.05) is 16.8 Å². The molecule has 1 saturated heterocycles. The third-order valence-corrected chi connectivity index (χ3v) is 5.01. The molecule has 0 atom stereocenters. The molecule has 1 amide bonds. The predicted octanol–water partition coefficient (Wildman–Crippen LogP) is 4.73. The van der Waals surface area contributed by atoms with E-state index in [0.717, 1.165) is 40.7 Å². The lowest BCUT2D eigenvalue weighted by atomic mass is 10.1. The molecule has 1 aliphatic rings. The number of rotatable bonds is 4. The number of benzene rings is 1. The second-order valence-electron chi connectivity index (χ2n) is 5.73. The molecule has 0 spiro atoms. The zero-order valence-electron chi connectivity index (χ0n) is 13.3. The molecule has 0 unspecified atom stereocenters. The number of aromatic nitrogens is 2. The number of anilines is 3. The highest BCUT2D eigenvalue weighted by atomic mass is 35.5. The maximum absolute atomic E-state index is 11.8. The number of nitrogens with one attached hydrogen (secondary N) is 1. The van der Waals surface area contributed by atoms with Crippen LogP contribution in [-0.4, -0.2) is 22.4 Å². The predicted molar refractivity (Wildman–Crippen MR) is 102 cm³/mol. The van der Waals surface area contributed by atoms with Crippen LogP contribution in [0.3, 0.4) is 0 Å². The van der Waals surface area contributed by atoms with Crippen molar-refractivity contribution in [1.29, 1.82) is 0 Å². The van der Waals surface area contributed by atoms with Gasteiger partial charge in [-0.25, -0.2) is 9.97 Å². The molecule has 2 aromatic heterocycles. The number of carbonyl (C=O) groups excluding carboxylic acids is 1. The van der Waals surface area contributed by atoms with Crippen molar-refractivity contribution in [1.82, 2.24) is 9.97 Å². The Bertz CT molecular complexity index is 892. The lowest BCUT2D eigenvalue weighted by molar-refractivity contribution is -0.117. The normalized spacial score (nSPS) is 14.1. The summed E-state index contributed by atoms with van der Waals surface area (Å²) < 4.78 is 0. The third-order valence-electron chi connectivity index (χ3n) is 4.03. The second kappa shape index (κ2) is 6.82. The van der Waals surface area contributed by atoms with Gasteiger partial charge in [0.2, 0.25) is 5.91 Å². The van der Waals surface area contributed by atoms with E-state index in [1.54, 1.807) is 12.3 Å². The minimum Gasteiger partial charge on any atom is -0.330 e. The zero-order chi connectivity index (χ0) is 17.2. The molecule has 3 heterocycles. The fraction of sp³-hybridized carbons (Fsp3) is 0.167. The van der Waals surface area contributed by atoms with E-state index in [2.05, 4.69) is 15.3 Å². The monoisotopic (exact) mass is 370 g/mol. The van der Waals surface area contributed by atoms with Gasteiger partial charge < -0.3 is 10.2 Å². The molecule has 7 heteroatoms. The maximum atomic E-state index is 11.8. The Hall–Kier alpha value is -2.44. The Balaban J connectivity index is 1.49. The Morgan fingerprint density at radius 2 is 2.00 bits per heavy atom. The van der Waals surface area contributed by atoms with E-state index >= 15 is 0 Å². The summed E-state index contributed by atoms with van der Waals surface area (Å²) in [7, 11) is 0. The number of thiazole rings is 1. The first kappa shape index (κ1) is 16.1. The molecule has 126 valence electrons. The largest absolute Gasteiger partial charge is 0.330 e. The highest BCUT2D eigenvalue weighted by Crippen LogP contribution is 2.29. The van der Waals surface area contributed by atoms with Crippen LogP contribution in [0.5, 0.6) is 0 Å². The van der Waals surface area contributed by atoms with Gasteiger partial charge in [-0.2, -0.15) is 0 Å². The molecule has 0 saturated carbocycles. The van der Waals surface area contributed by atoms with Crippen molar-refractivity contribution in [2.24, 2.45) is 0 Å². The number of nitrogens with zero attached hydrogens (tertiary/aromatic N) is 3. The minimum absolute atomic E-state index is 0.199. The summed E-state index contributed by atoms with van der Waals surface area (Å²) in [6, 6.07) is 11.6. The highest BCUT2D eigenvalue weighted by molar-refractivity contribution is 7.14. The lowest BCUT2D eigenvalue weighted by Crippen LogP contribution is -2.23. The van der Waals surface area contributed by atoms with Gasteiger partial charge in [0.1, 0.15) is 5.15 Å². The van der Waals surface area contributed by atoms with Crippen LogP contribution < -0.4 is 10.2 Å².